The molecule has 0 amide bonds. The van der Waals surface area contributed by atoms with Gasteiger partial charge in [0.15, 0.2) is 0 Å². The third-order valence-electron chi connectivity index (χ3n) is 3.74. The number of nitrogens with zero attached hydrogens (tertiary/aromatic N) is 1. The molecule has 2 aromatic rings. The third kappa shape index (κ3) is 4.84. The van der Waals surface area contributed by atoms with Crippen molar-refractivity contribution in [1.29, 1.82) is 0 Å². The van der Waals surface area contributed by atoms with E-state index in [-0.39, 0.29) is 9.79 Å². The SMILES string of the molecule is CCCN(CCC)S(=O)(=O)c1ccc(NS(=O)(=O)c2ccccc2)cc1. The Kier molecular flexibility index (Phi) is 6.80. The number of rotatable bonds is 9. The van der Waals surface area contributed by atoms with Gasteiger partial charge in [0.05, 0.1) is 9.79 Å². The van der Waals surface area contributed by atoms with Gasteiger partial charge in [0, 0.05) is 18.8 Å². The molecule has 6 nitrogen and oxygen atoms in total. The molecular formula is C18H24N2O4S2. The van der Waals surface area contributed by atoms with Crippen LogP contribution in [0.4, 0.5) is 5.69 Å². The molecule has 0 atom stereocenters. The fourth-order valence-corrected chi connectivity index (χ4v) is 5.21. The molecule has 26 heavy (non-hydrogen) atoms. The molecule has 142 valence electrons. The van der Waals surface area contributed by atoms with Crippen LogP contribution < -0.4 is 4.72 Å². The van der Waals surface area contributed by atoms with Crippen molar-refractivity contribution < 1.29 is 16.8 Å². The minimum absolute atomic E-state index is 0.147. The molecule has 2 rings (SSSR count). The Hall–Kier alpha value is -1.90. The lowest BCUT2D eigenvalue weighted by Gasteiger charge is -2.21. The van der Waals surface area contributed by atoms with Crippen LogP contribution in [0.5, 0.6) is 0 Å². The summed E-state index contributed by atoms with van der Waals surface area (Å²) in [6, 6.07) is 13.8. The van der Waals surface area contributed by atoms with Crippen molar-refractivity contribution in [3.63, 3.8) is 0 Å². The molecule has 1 N–H and O–H groups in total. The van der Waals surface area contributed by atoms with Crippen LogP contribution >= 0.6 is 0 Å². The van der Waals surface area contributed by atoms with E-state index in [2.05, 4.69) is 4.72 Å². The van der Waals surface area contributed by atoms with E-state index in [4.69, 9.17) is 0 Å². The molecule has 0 spiro atoms. The van der Waals surface area contributed by atoms with E-state index < -0.39 is 20.0 Å². The second-order valence-electron chi connectivity index (χ2n) is 5.85. The van der Waals surface area contributed by atoms with Crippen molar-refractivity contribution in [2.75, 3.05) is 17.8 Å². The zero-order chi connectivity index (χ0) is 19.2. The average molecular weight is 397 g/mol. The number of anilines is 1. The first-order valence-electron chi connectivity index (χ1n) is 8.49. The highest BCUT2D eigenvalue weighted by Gasteiger charge is 2.23. The Labute approximate surface area is 156 Å². The quantitative estimate of drug-likeness (QED) is 0.705. The van der Waals surface area contributed by atoms with Crippen LogP contribution in [-0.4, -0.2) is 34.2 Å². The first-order valence-corrected chi connectivity index (χ1v) is 11.4. The predicted molar refractivity (Wildman–Crippen MR) is 103 cm³/mol. The first kappa shape index (κ1) is 20.4. The summed E-state index contributed by atoms with van der Waals surface area (Å²) in [6.07, 6.45) is 1.46. The van der Waals surface area contributed by atoms with E-state index in [1.807, 2.05) is 13.8 Å². The van der Waals surface area contributed by atoms with Crippen molar-refractivity contribution >= 4 is 25.7 Å². The van der Waals surface area contributed by atoms with E-state index in [0.717, 1.165) is 12.8 Å². The van der Waals surface area contributed by atoms with Crippen molar-refractivity contribution in [2.24, 2.45) is 0 Å². The van der Waals surface area contributed by atoms with Gasteiger partial charge >= 0.3 is 0 Å². The van der Waals surface area contributed by atoms with E-state index >= 15 is 0 Å². The summed E-state index contributed by atoms with van der Waals surface area (Å²) in [7, 11) is -7.29. The summed E-state index contributed by atoms with van der Waals surface area (Å²) in [5.74, 6) is 0. The third-order valence-corrected chi connectivity index (χ3v) is 7.05. The minimum Gasteiger partial charge on any atom is -0.280 e. The zero-order valence-corrected chi connectivity index (χ0v) is 16.6. The Morgan fingerprint density at radius 3 is 1.81 bits per heavy atom. The highest BCUT2D eigenvalue weighted by molar-refractivity contribution is 7.92. The Morgan fingerprint density at radius 1 is 0.769 bits per heavy atom. The van der Waals surface area contributed by atoms with Crippen molar-refractivity contribution in [3.05, 3.63) is 54.6 Å². The molecule has 2 aromatic carbocycles. The fourth-order valence-electron chi connectivity index (χ4n) is 2.51. The highest BCUT2D eigenvalue weighted by Crippen LogP contribution is 2.21. The number of hydrogen-bond donors (Lipinski definition) is 1. The smallest absolute Gasteiger partial charge is 0.261 e. The Balaban J connectivity index is 2.22. The van der Waals surface area contributed by atoms with E-state index in [1.54, 1.807) is 18.2 Å². The molecular weight excluding hydrogens is 372 g/mol. The maximum Gasteiger partial charge on any atom is 0.261 e. The second kappa shape index (κ2) is 8.66. The van der Waals surface area contributed by atoms with Crippen molar-refractivity contribution in [3.8, 4) is 0 Å². The second-order valence-corrected chi connectivity index (χ2v) is 9.47. The molecule has 0 aromatic heterocycles. The highest BCUT2D eigenvalue weighted by atomic mass is 32.2. The molecule has 0 aliphatic rings. The van der Waals surface area contributed by atoms with E-state index in [9.17, 15) is 16.8 Å². The van der Waals surface area contributed by atoms with Gasteiger partial charge in [-0.05, 0) is 49.2 Å². The summed E-state index contributed by atoms with van der Waals surface area (Å²) in [5, 5.41) is 0. The predicted octanol–water partition coefficient (Wildman–Crippen LogP) is 3.30. The van der Waals surface area contributed by atoms with Gasteiger partial charge < -0.3 is 0 Å². The van der Waals surface area contributed by atoms with Gasteiger partial charge in [-0.15, -0.1) is 0 Å². The van der Waals surface area contributed by atoms with Gasteiger partial charge in [-0.3, -0.25) is 4.72 Å². The van der Waals surface area contributed by atoms with Crippen LogP contribution in [0.1, 0.15) is 26.7 Å². The topological polar surface area (TPSA) is 83.6 Å². The molecule has 0 aliphatic heterocycles. The molecule has 0 unspecified atom stereocenters. The van der Waals surface area contributed by atoms with Crippen molar-refractivity contribution in [2.45, 2.75) is 36.5 Å². The lowest BCUT2D eigenvalue weighted by atomic mass is 10.3. The summed E-state index contributed by atoms with van der Waals surface area (Å²) < 4.78 is 54.0. The molecule has 0 fully saturated rings. The number of sulfonamides is 2. The summed E-state index contributed by atoms with van der Waals surface area (Å²) in [4.78, 5) is 0.302. The van der Waals surface area contributed by atoms with Crippen LogP contribution in [0.3, 0.4) is 0 Å². The normalized spacial score (nSPS) is 12.3. The molecule has 0 aliphatic carbocycles. The van der Waals surface area contributed by atoms with Gasteiger partial charge in [0.2, 0.25) is 10.0 Å². The van der Waals surface area contributed by atoms with Gasteiger partial charge in [0.1, 0.15) is 0 Å². The van der Waals surface area contributed by atoms with Crippen LogP contribution in [0.25, 0.3) is 0 Å². The standard InChI is InChI=1S/C18H24N2O4S2/c1-3-14-20(15-4-2)26(23,24)18-12-10-16(11-13-18)19-25(21,22)17-8-6-5-7-9-17/h5-13,19H,3-4,14-15H2,1-2H3. The fraction of sp³-hybridized carbons (Fsp3) is 0.333. The van der Waals surface area contributed by atoms with Crippen molar-refractivity contribution in [1.82, 2.24) is 4.31 Å². The summed E-state index contributed by atoms with van der Waals surface area (Å²) in [6.45, 7) is 4.77. The van der Waals surface area contributed by atoms with Gasteiger partial charge in [0.25, 0.3) is 10.0 Å². The molecule has 8 heteroatoms. The molecule has 0 heterocycles. The lowest BCUT2D eigenvalue weighted by Crippen LogP contribution is -2.32. The first-order chi connectivity index (χ1) is 12.3. The van der Waals surface area contributed by atoms with Crippen LogP contribution in [0.15, 0.2) is 64.4 Å². The van der Waals surface area contributed by atoms with E-state index in [0.29, 0.717) is 18.8 Å². The molecule has 0 bridgehead atoms. The zero-order valence-electron chi connectivity index (χ0n) is 14.9. The van der Waals surface area contributed by atoms with Gasteiger partial charge in [-0.25, -0.2) is 16.8 Å². The Morgan fingerprint density at radius 2 is 1.31 bits per heavy atom. The Bertz CT molecular complexity index is 903. The number of nitrogens with one attached hydrogen (secondary N) is 1. The van der Waals surface area contributed by atoms with Gasteiger partial charge in [-0.2, -0.15) is 4.31 Å². The molecule has 0 saturated heterocycles. The maximum absolute atomic E-state index is 12.7. The lowest BCUT2D eigenvalue weighted by molar-refractivity contribution is 0.410. The number of hydrogen-bond acceptors (Lipinski definition) is 4. The monoisotopic (exact) mass is 396 g/mol. The van der Waals surface area contributed by atoms with Crippen LogP contribution in [0, 0.1) is 0 Å². The van der Waals surface area contributed by atoms with Gasteiger partial charge in [-0.1, -0.05) is 32.0 Å². The van der Waals surface area contributed by atoms with Crippen LogP contribution in [-0.2, 0) is 20.0 Å². The maximum atomic E-state index is 12.7. The average Bonchev–Trinajstić information content (AvgIpc) is 2.62. The van der Waals surface area contributed by atoms with E-state index in [1.165, 1.54) is 40.7 Å². The summed E-state index contributed by atoms with van der Waals surface area (Å²) in [5.41, 5.74) is 0.310. The molecule has 0 saturated carbocycles. The summed E-state index contributed by atoms with van der Waals surface area (Å²) >= 11 is 0. The molecule has 0 radical (unpaired) electrons. The number of benzene rings is 2. The van der Waals surface area contributed by atoms with Crippen LogP contribution in [0.2, 0.25) is 0 Å². The largest absolute Gasteiger partial charge is 0.280 e. The minimum atomic E-state index is -3.71.